The van der Waals surface area contributed by atoms with Crippen molar-refractivity contribution >= 4 is 51.3 Å². The molecule has 0 spiro atoms. The summed E-state index contributed by atoms with van der Waals surface area (Å²) in [5.41, 5.74) is 10.2. The van der Waals surface area contributed by atoms with E-state index in [4.69, 9.17) is 26.8 Å². The lowest BCUT2D eigenvalue weighted by molar-refractivity contribution is -0.385. The number of rotatable bonds is 11. The second kappa shape index (κ2) is 28.1. The minimum atomic E-state index is -0.724. The van der Waals surface area contributed by atoms with Crippen LogP contribution < -0.4 is 42.8 Å². The monoisotopic (exact) mass is 1170 g/mol. The molecule has 10 rings (SSSR count). The molecule has 23 nitrogen and oxygen atoms in total. The predicted molar refractivity (Wildman–Crippen MR) is 323 cm³/mol. The highest BCUT2D eigenvalue weighted by atomic mass is 35.5. The fraction of sp³-hybridized carbons (Fsp3) is 0.267. The summed E-state index contributed by atoms with van der Waals surface area (Å²) in [5, 5.41) is 53.2. The minimum Gasteiger partial charge on any atom is -0.504 e. The first kappa shape index (κ1) is 63.2. The number of methoxy groups -OCH3 is 2. The van der Waals surface area contributed by atoms with Gasteiger partial charge in [0.2, 0.25) is 5.75 Å². The fourth-order valence-corrected chi connectivity index (χ4v) is 8.25. The normalized spacial score (nSPS) is 10.9. The van der Waals surface area contributed by atoms with Crippen LogP contribution in [0, 0.1) is 10.1 Å². The van der Waals surface area contributed by atoms with E-state index < -0.39 is 16.4 Å². The van der Waals surface area contributed by atoms with Gasteiger partial charge in [-0.15, -0.1) is 11.6 Å². The molecule has 0 aliphatic rings. The quantitative estimate of drug-likeness (QED) is 0.0399. The van der Waals surface area contributed by atoms with E-state index >= 15 is 0 Å². The number of benzene rings is 2. The lowest BCUT2D eigenvalue weighted by atomic mass is 10.1. The van der Waals surface area contributed by atoms with Crippen LogP contribution in [0.2, 0.25) is 0 Å². The number of hydrogen-bond donors (Lipinski definition) is 6. The first-order valence-corrected chi connectivity index (χ1v) is 26.8. The number of aromatic hydroxyl groups is 4. The summed E-state index contributed by atoms with van der Waals surface area (Å²) in [4.78, 5) is 74.7. The van der Waals surface area contributed by atoms with E-state index in [1.54, 1.807) is 38.7 Å². The van der Waals surface area contributed by atoms with Crippen LogP contribution in [0.3, 0.4) is 0 Å². The fourth-order valence-electron chi connectivity index (χ4n) is 8.08. The van der Waals surface area contributed by atoms with Gasteiger partial charge < -0.3 is 41.0 Å². The van der Waals surface area contributed by atoms with E-state index in [2.05, 4.69) is 25.3 Å². The Morgan fingerprint density at radius 3 is 1.33 bits per heavy atom. The Balaban J connectivity index is 0.000000173. The highest BCUT2D eigenvalue weighted by molar-refractivity contribution is 6.17. The van der Waals surface area contributed by atoms with Gasteiger partial charge in [0.1, 0.15) is 11.5 Å². The van der Waals surface area contributed by atoms with E-state index in [-0.39, 0.29) is 85.8 Å². The third-order valence-corrected chi connectivity index (χ3v) is 13.3. The standard InChI is InChI=1S/C19H21N3O3.C11H11N3O4.C11H13N3O2.C11H12N2O2.C8H9ClO/c1-12(2)15-11-21-18-17(23)16(8-9-22(18)19(15)24)20-10-13-4-6-14(25-3)7-5-13;1-6(2)7-5-12-10-9(15)8(14(17)18)3-4-13(10)11(7)16;1-6(2)7-5-13-10-9(15)8(12)3-4-14(10)11(7)16;1-7(2)8-6-12-10-9(14)4-3-5-13(10)11(8)15;1-10-8-4-2-7(6-9)3-5-8/h4-9,11-12,20,23H,10H2,1-3H3;3-6,15H,1-2H3;3-6,15H,12H2,1-2H3;3-7,14H,1-2H3;2-5H,6H2,1H3. The number of ether oxygens (including phenoxy) is 2. The van der Waals surface area contributed by atoms with Crippen LogP contribution >= 0.6 is 11.6 Å². The van der Waals surface area contributed by atoms with Crippen molar-refractivity contribution in [2.75, 3.05) is 25.3 Å². The molecule has 84 heavy (non-hydrogen) atoms. The van der Waals surface area contributed by atoms with E-state index in [0.717, 1.165) is 33.1 Å². The molecule has 0 unspecified atom stereocenters. The highest BCUT2D eigenvalue weighted by Crippen LogP contribution is 2.30. The molecule has 0 saturated heterocycles. The Hall–Kier alpha value is -10.0. The van der Waals surface area contributed by atoms with Crippen molar-refractivity contribution in [3.05, 3.63) is 213 Å². The lowest BCUT2D eigenvalue weighted by Crippen LogP contribution is -2.20. The molecule has 0 atom stereocenters. The molecule has 0 aliphatic heterocycles. The van der Waals surface area contributed by atoms with Crippen LogP contribution in [0.15, 0.2) is 148 Å². The molecule has 0 amide bonds. The predicted octanol–water partition coefficient (Wildman–Crippen LogP) is 9.64. The van der Waals surface area contributed by atoms with Crippen molar-refractivity contribution in [2.45, 2.75) is 91.5 Å². The molecule has 10 aromatic rings. The van der Waals surface area contributed by atoms with Crippen LogP contribution in [0.25, 0.3) is 22.6 Å². The first-order valence-electron chi connectivity index (χ1n) is 26.3. The van der Waals surface area contributed by atoms with Gasteiger partial charge in [-0.1, -0.05) is 79.7 Å². The number of nitrogens with two attached hydrogens (primary N) is 1. The largest absolute Gasteiger partial charge is 0.504 e. The van der Waals surface area contributed by atoms with E-state index in [1.165, 1.54) is 62.5 Å². The molecule has 8 heterocycles. The Labute approximate surface area is 486 Å². The summed E-state index contributed by atoms with van der Waals surface area (Å²) in [6.45, 7) is 15.8. The Bertz CT molecular complexity index is 4180. The maximum atomic E-state index is 12.5. The number of anilines is 2. The maximum Gasteiger partial charge on any atom is 0.316 e. The second-order valence-corrected chi connectivity index (χ2v) is 20.3. The van der Waals surface area contributed by atoms with Gasteiger partial charge in [0.25, 0.3) is 22.2 Å². The third kappa shape index (κ3) is 14.5. The van der Waals surface area contributed by atoms with Crippen molar-refractivity contribution in [1.29, 1.82) is 0 Å². The van der Waals surface area contributed by atoms with Crippen molar-refractivity contribution in [3.8, 4) is 34.5 Å². The molecule has 24 heteroatoms. The number of nitrogens with one attached hydrogen (secondary N) is 1. The second-order valence-electron chi connectivity index (χ2n) is 20.0. The summed E-state index contributed by atoms with van der Waals surface area (Å²) in [7, 11) is 3.27. The van der Waals surface area contributed by atoms with E-state index in [1.807, 2.05) is 104 Å². The van der Waals surface area contributed by atoms with Crippen molar-refractivity contribution in [1.82, 2.24) is 37.5 Å². The average Bonchev–Trinajstić information content (AvgIpc) is 1.98. The van der Waals surface area contributed by atoms with Gasteiger partial charge >= 0.3 is 5.69 Å². The van der Waals surface area contributed by atoms with Crippen LogP contribution in [0.1, 0.15) is 112 Å². The van der Waals surface area contributed by atoms with Gasteiger partial charge in [-0.3, -0.25) is 46.9 Å². The zero-order chi connectivity index (χ0) is 61.7. The van der Waals surface area contributed by atoms with Crippen molar-refractivity contribution in [3.63, 3.8) is 0 Å². The molecule has 8 aromatic heterocycles. The number of hydrogen-bond acceptors (Lipinski definition) is 18. The number of nitrogen functional groups attached to an aromatic ring is 1. The van der Waals surface area contributed by atoms with Gasteiger partial charge in [0, 0.05) is 90.3 Å². The summed E-state index contributed by atoms with van der Waals surface area (Å²) < 4.78 is 15.3. The molecular weight excluding hydrogens is 1100 g/mol. The van der Waals surface area contributed by atoms with Gasteiger partial charge in [-0.2, -0.15) is 0 Å². The molecule has 0 aliphatic carbocycles. The Morgan fingerprint density at radius 1 is 0.536 bits per heavy atom. The van der Waals surface area contributed by atoms with E-state index in [9.17, 15) is 49.7 Å². The van der Waals surface area contributed by atoms with E-state index in [0.29, 0.717) is 46.0 Å². The molecule has 0 fully saturated rings. The average molecular weight is 1170 g/mol. The number of aromatic nitrogens is 8. The summed E-state index contributed by atoms with van der Waals surface area (Å²) in [5.74, 6) is 1.73. The first-order chi connectivity index (χ1) is 39.9. The summed E-state index contributed by atoms with van der Waals surface area (Å²) >= 11 is 5.58. The van der Waals surface area contributed by atoms with Crippen LogP contribution in [-0.4, -0.2) is 77.1 Å². The van der Waals surface area contributed by atoms with Crippen molar-refractivity contribution in [2.24, 2.45) is 0 Å². The zero-order valence-corrected chi connectivity index (χ0v) is 48.6. The smallest absolute Gasteiger partial charge is 0.316 e. The van der Waals surface area contributed by atoms with Crippen LogP contribution in [0.5, 0.6) is 34.5 Å². The number of pyridine rings is 4. The number of fused-ring (bicyclic) bond motifs is 4. The highest BCUT2D eigenvalue weighted by Gasteiger charge is 2.20. The topological polar surface area (TPSA) is 318 Å². The van der Waals surface area contributed by atoms with Crippen LogP contribution in [-0.2, 0) is 12.4 Å². The van der Waals surface area contributed by atoms with Gasteiger partial charge in [-0.05, 0) is 83.3 Å². The third-order valence-electron chi connectivity index (χ3n) is 13.0. The molecule has 0 radical (unpaired) electrons. The zero-order valence-electron chi connectivity index (χ0n) is 47.9. The summed E-state index contributed by atoms with van der Waals surface area (Å²) in [6.07, 6.45) is 11.9. The van der Waals surface area contributed by atoms with Gasteiger partial charge in [0.15, 0.2) is 39.8 Å². The number of nitrogens with zero attached hydrogens (tertiary/aromatic N) is 9. The minimum absolute atomic E-state index is 0.0146. The number of nitro groups is 1. The van der Waals surface area contributed by atoms with Crippen molar-refractivity contribution < 1.29 is 34.8 Å². The molecule has 0 bridgehead atoms. The van der Waals surface area contributed by atoms with Gasteiger partial charge in [-0.25, -0.2) is 19.9 Å². The molecule has 7 N–H and O–H groups in total. The van der Waals surface area contributed by atoms with Crippen LogP contribution in [0.4, 0.5) is 17.1 Å². The summed E-state index contributed by atoms with van der Waals surface area (Å²) in [6, 6.07) is 22.7. The maximum absolute atomic E-state index is 12.5. The van der Waals surface area contributed by atoms with Gasteiger partial charge in [0.05, 0.1) is 30.5 Å². The number of alkyl halides is 1. The molecule has 2 aromatic carbocycles. The molecule has 0 saturated carbocycles. The number of halogens is 1. The molecule has 440 valence electrons. The SMILES string of the molecule is CC(C)c1cnc2c(O)c(N)ccn2c1=O.CC(C)c1cnc2c(O)c([N+](=O)[O-])ccn2c1=O.CC(C)c1cnc2c(O)cccn2c1=O.COc1ccc(CCl)cc1.COc1ccc(CNc2ccn3c(=O)c(C(C)C)cnc3c2O)cc1. The Kier molecular flexibility index (Phi) is 21.1. The lowest BCUT2D eigenvalue weighted by Gasteiger charge is -2.12. The molecular formula is C60H66ClN11O12. The Morgan fingerprint density at radius 2 is 0.917 bits per heavy atom.